The number of primary sulfonamides is 1. The van der Waals surface area contributed by atoms with Crippen LogP contribution in [-0.4, -0.2) is 54.9 Å². The summed E-state index contributed by atoms with van der Waals surface area (Å²) >= 11 is 0. The number of piperidine rings is 1. The number of fused-ring (bicyclic) bond motifs is 1. The zero-order valence-electron chi connectivity index (χ0n) is 20.7. The molecule has 1 amide bonds. The lowest BCUT2D eigenvalue weighted by atomic mass is 9.93. The number of rotatable bonds is 7. The molecular weight excluding hydrogens is 503 g/mol. The lowest BCUT2D eigenvalue weighted by molar-refractivity contribution is 0.0868. The molecule has 0 bridgehead atoms. The Morgan fingerprint density at radius 2 is 1.79 bits per heavy atom. The van der Waals surface area contributed by atoms with Crippen molar-refractivity contribution in [3.8, 4) is 0 Å². The zero-order valence-corrected chi connectivity index (χ0v) is 21.5. The van der Waals surface area contributed by atoms with Crippen LogP contribution < -0.4 is 15.9 Å². The van der Waals surface area contributed by atoms with Gasteiger partial charge in [-0.15, -0.1) is 0 Å². The molecule has 0 atom stereocenters. The molecule has 12 heteroatoms. The third kappa shape index (κ3) is 5.81. The van der Waals surface area contributed by atoms with E-state index >= 15 is 0 Å². The second-order valence-corrected chi connectivity index (χ2v) is 10.8. The Balaban J connectivity index is 1.25. The van der Waals surface area contributed by atoms with Crippen molar-refractivity contribution in [2.45, 2.75) is 36.8 Å². The van der Waals surface area contributed by atoms with E-state index in [1.54, 1.807) is 27.7 Å². The number of nitrogens with two attached hydrogens (primary N) is 1. The van der Waals surface area contributed by atoms with Gasteiger partial charge in [-0.2, -0.15) is 9.61 Å². The van der Waals surface area contributed by atoms with Crippen LogP contribution >= 0.6 is 0 Å². The molecule has 0 unspecified atom stereocenters. The molecule has 0 spiro atoms. The smallest absolute Gasteiger partial charge is 0.410 e. The second kappa shape index (κ2) is 10.8. The number of aromatic nitrogens is 3. The predicted molar refractivity (Wildman–Crippen MR) is 144 cm³/mol. The Labute approximate surface area is 222 Å². The van der Waals surface area contributed by atoms with E-state index in [9.17, 15) is 13.2 Å². The third-order valence-corrected chi connectivity index (χ3v) is 7.55. The van der Waals surface area contributed by atoms with Gasteiger partial charge in [-0.25, -0.2) is 23.3 Å². The van der Waals surface area contributed by atoms with E-state index in [4.69, 9.17) is 22.7 Å². The molecule has 1 aliphatic rings. The monoisotopic (exact) mass is 530 g/mol. The van der Waals surface area contributed by atoms with Crippen LogP contribution in [0, 0.1) is 0 Å². The maximum absolute atomic E-state index is 12.6. The summed E-state index contributed by atoms with van der Waals surface area (Å²) in [5.74, 6) is 0.851. The van der Waals surface area contributed by atoms with Crippen molar-refractivity contribution in [3.63, 3.8) is 0 Å². The zero-order chi connectivity index (χ0) is 26.7. The first kappa shape index (κ1) is 25.7. The van der Waals surface area contributed by atoms with E-state index in [0.717, 1.165) is 29.7 Å². The van der Waals surface area contributed by atoms with Crippen LogP contribution in [0.5, 0.6) is 0 Å². The highest BCUT2D eigenvalue weighted by atomic mass is 32.2. The van der Waals surface area contributed by atoms with Crippen LogP contribution in [0.4, 0.5) is 10.6 Å². The minimum Gasteiger partial charge on any atom is -0.445 e. The number of hydrogen-bond acceptors (Lipinski definition) is 7. The van der Waals surface area contributed by atoms with Crippen molar-refractivity contribution in [3.05, 3.63) is 83.7 Å². The molecular formula is C26H27BN6O4S. The molecule has 5 rings (SSSR count). The van der Waals surface area contributed by atoms with Crippen molar-refractivity contribution in [2.24, 2.45) is 5.14 Å². The highest BCUT2D eigenvalue weighted by molar-refractivity contribution is 7.89. The van der Waals surface area contributed by atoms with Gasteiger partial charge in [-0.1, -0.05) is 42.5 Å². The summed E-state index contributed by atoms with van der Waals surface area (Å²) in [6, 6.07) is 17.9. The molecule has 194 valence electrons. The number of carbonyl (C=O) groups excluding carboxylic acids is 1. The Morgan fingerprint density at radius 3 is 2.47 bits per heavy atom. The molecule has 3 heterocycles. The van der Waals surface area contributed by atoms with Gasteiger partial charge in [0.05, 0.1) is 4.90 Å². The van der Waals surface area contributed by atoms with Gasteiger partial charge in [0.2, 0.25) is 10.0 Å². The maximum Gasteiger partial charge on any atom is 0.410 e. The maximum atomic E-state index is 12.6. The van der Waals surface area contributed by atoms with Gasteiger partial charge >= 0.3 is 6.09 Å². The Kier molecular flexibility index (Phi) is 7.34. The van der Waals surface area contributed by atoms with Gasteiger partial charge in [0, 0.05) is 43.5 Å². The fourth-order valence-electron chi connectivity index (χ4n) is 4.49. The van der Waals surface area contributed by atoms with Crippen molar-refractivity contribution in [1.29, 1.82) is 0 Å². The molecule has 0 aliphatic carbocycles. The molecule has 0 saturated carbocycles. The molecule has 1 fully saturated rings. The van der Waals surface area contributed by atoms with E-state index in [1.165, 1.54) is 12.1 Å². The number of hydrogen-bond donors (Lipinski definition) is 2. The van der Waals surface area contributed by atoms with E-state index in [0.29, 0.717) is 36.6 Å². The van der Waals surface area contributed by atoms with Crippen LogP contribution in [0.1, 0.15) is 35.6 Å². The standard InChI is InChI=1S/C26H27BN6O4S/c27-22-16-30-33-24(29-15-18-6-8-21(9-7-18)38(28,35)36)14-23(31-25(22)33)20-10-12-32(13-11-20)26(34)37-17-19-4-2-1-3-5-19/h1-9,14,16,20,29H,10-13,15,17H2,(H2,28,35,36). The van der Waals surface area contributed by atoms with Gasteiger partial charge in [-0.05, 0) is 41.6 Å². The number of anilines is 1. The average molecular weight is 530 g/mol. The van der Waals surface area contributed by atoms with Gasteiger partial charge < -0.3 is 15.0 Å². The summed E-state index contributed by atoms with van der Waals surface area (Å²) in [4.78, 5) is 19.1. The van der Waals surface area contributed by atoms with Crippen molar-refractivity contribution >= 4 is 40.9 Å². The third-order valence-electron chi connectivity index (χ3n) is 6.62. The fraction of sp³-hybridized carbons (Fsp3) is 0.269. The molecule has 3 N–H and O–H groups in total. The van der Waals surface area contributed by atoms with Crippen molar-refractivity contribution in [2.75, 3.05) is 18.4 Å². The number of ether oxygens (including phenoxy) is 1. The fourth-order valence-corrected chi connectivity index (χ4v) is 5.01. The minimum absolute atomic E-state index is 0.0602. The van der Waals surface area contributed by atoms with Crippen molar-refractivity contribution < 1.29 is 17.9 Å². The number of amides is 1. The highest BCUT2D eigenvalue weighted by Crippen LogP contribution is 2.29. The lowest BCUT2D eigenvalue weighted by Crippen LogP contribution is -2.38. The molecule has 2 aromatic heterocycles. The Hall–Kier alpha value is -3.90. The predicted octanol–water partition coefficient (Wildman–Crippen LogP) is 2.30. The first-order valence-corrected chi connectivity index (χ1v) is 13.8. The minimum atomic E-state index is -3.75. The number of sulfonamides is 1. The van der Waals surface area contributed by atoms with E-state index in [2.05, 4.69) is 10.4 Å². The molecule has 10 nitrogen and oxygen atoms in total. The van der Waals surface area contributed by atoms with Gasteiger partial charge in [-0.3, -0.25) is 0 Å². The second-order valence-electron chi connectivity index (χ2n) is 9.25. The number of benzene rings is 2. The Morgan fingerprint density at radius 1 is 1.08 bits per heavy atom. The lowest BCUT2D eigenvalue weighted by Gasteiger charge is -2.31. The van der Waals surface area contributed by atoms with Gasteiger partial charge in [0.15, 0.2) is 0 Å². The number of nitrogens with zero attached hydrogens (tertiary/aromatic N) is 4. The largest absolute Gasteiger partial charge is 0.445 e. The summed E-state index contributed by atoms with van der Waals surface area (Å²) in [5, 5.41) is 12.9. The molecule has 1 saturated heterocycles. The first-order valence-electron chi connectivity index (χ1n) is 12.2. The number of carbonyl (C=O) groups is 1. The van der Waals surface area contributed by atoms with E-state index in [1.807, 2.05) is 36.4 Å². The highest BCUT2D eigenvalue weighted by Gasteiger charge is 2.26. The van der Waals surface area contributed by atoms with Gasteiger partial charge in [0.25, 0.3) is 0 Å². The van der Waals surface area contributed by atoms with Crippen molar-refractivity contribution in [1.82, 2.24) is 19.5 Å². The van der Waals surface area contributed by atoms with Crippen LogP contribution in [-0.2, 0) is 27.9 Å². The molecule has 2 aromatic carbocycles. The topological polar surface area (TPSA) is 132 Å². The normalized spacial score (nSPS) is 14.5. The summed E-state index contributed by atoms with van der Waals surface area (Å²) in [6.45, 7) is 1.81. The molecule has 38 heavy (non-hydrogen) atoms. The van der Waals surface area contributed by atoms with Crippen LogP contribution in [0.3, 0.4) is 0 Å². The van der Waals surface area contributed by atoms with Crippen LogP contribution in [0.2, 0.25) is 0 Å². The van der Waals surface area contributed by atoms with E-state index < -0.39 is 10.0 Å². The first-order chi connectivity index (χ1) is 18.3. The van der Waals surface area contributed by atoms with Crippen LogP contribution in [0.25, 0.3) is 5.65 Å². The summed E-state index contributed by atoms with van der Waals surface area (Å²) in [6.07, 6.45) is 2.73. The summed E-state index contributed by atoms with van der Waals surface area (Å²) in [7, 11) is 2.39. The van der Waals surface area contributed by atoms with Crippen LogP contribution in [0.15, 0.2) is 71.8 Å². The van der Waals surface area contributed by atoms with Gasteiger partial charge in [0.1, 0.15) is 25.9 Å². The number of nitrogens with one attached hydrogen (secondary N) is 1. The average Bonchev–Trinajstić information content (AvgIpc) is 3.31. The summed E-state index contributed by atoms with van der Waals surface area (Å²) in [5.41, 5.74) is 3.71. The van der Waals surface area contributed by atoms with E-state index in [-0.39, 0.29) is 23.5 Å². The Bertz CT molecular complexity index is 1540. The summed E-state index contributed by atoms with van der Waals surface area (Å²) < 4.78 is 30.2. The quantitative estimate of drug-likeness (QED) is 0.351. The SMILES string of the molecule is [B]c1cnn2c(NCc3ccc(S(N)(=O)=O)cc3)cc(C3CCN(C(=O)OCc4ccccc4)CC3)nc12. The molecule has 2 radical (unpaired) electrons. The number of likely N-dealkylation sites (tertiary alicyclic amines) is 1. The molecule has 4 aromatic rings. The molecule has 1 aliphatic heterocycles.